The minimum absolute atomic E-state index is 0.0187. The average molecular weight is 424 g/mol. The van der Waals surface area contributed by atoms with E-state index in [1.54, 1.807) is 55.6 Å². The van der Waals surface area contributed by atoms with Crippen molar-refractivity contribution in [2.24, 2.45) is 5.41 Å². The highest BCUT2D eigenvalue weighted by molar-refractivity contribution is 6.04. The van der Waals surface area contributed by atoms with Gasteiger partial charge in [0.2, 0.25) is 5.91 Å². The fourth-order valence-electron chi connectivity index (χ4n) is 4.17. The minimum atomic E-state index is -0.859. The highest BCUT2D eigenvalue weighted by Gasteiger charge is 2.36. The van der Waals surface area contributed by atoms with E-state index in [1.165, 1.54) is 0 Å². The fourth-order valence-corrected chi connectivity index (χ4v) is 4.17. The van der Waals surface area contributed by atoms with Gasteiger partial charge in [0, 0.05) is 23.4 Å². The van der Waals surface area contributed by atoms with Crippen LogP contribution in [0.1, 0.15) is 55.3 Å². The summed E-state index contributed by atoms with van der Waals surface area (Å²) in [5.74, 6) is -0.609. The number of hydrogen-bond donors (Lipinski definition) is 3. The summed E-state index contributed by atoms with van der Waals surface area (Å²) in [5.41, 5.74) is 1.22. The Bertz CT molecular complexity index is 916. The lowest BCUT2D eigenvalue weighted by atomic mass is 9.69. The molecular formula is C24H28N2O5. The molecule has 1 fully saturated rings. The molecule has 164 valence electrons. The van der Waals surface area contributed by atoms with E-state index in [9.17, 15) is 19.5 Å². The second kappa shape index (κ2) is 10.1. The van der Waals surface area contributed by atoms with Crippen molar-refractivity contribution in [1.82, 2.24) is 0 Å². The van der Waals surface area contributed by atoms with Crippen LogP contribution < -0.4 is 15.4 Å². The number of anilines is 2. The molecule has 0 aromatic heterocycles. The van der Waals surface area contributed by atoms with Crippen LogP contribution in [0, 0.1) is 5.41 Å². The Labute approximate surface area is 181 Å². The summed E-state index contributed by atoms with van der Waals surface area (Å²) < 4.78 is 5.10. The first-order valence-corrected chi connectivity index (χ1v) is 10.5. The highest BCUT2D eigenvalue weighted by atomic mass is 16.5. The molecule has 2 amide bonds. The molecule has 0 saturated heterocycles. The average Bonchev–Trinajstić information content (AvgIpc) is 2.74. The number of carboxylic acid groups (broad SMARTS) is 1. The first kappa shape index (κ1) is 22.3. The van der Waals surface area contributed by atoms with Crippen LogP contribution in [0.25, 0.3) is 0 Å². The lowest BCUT2D eigenvalue weighted by molar-refractivity contribution is -0.140. The van der Waals surface area contributed by atoms with Crippen LogP contribution in [0.5, 0.6) is 5.75 Å². The molecule has 2 aromatic rings. The van der Waals surface area contributed by atoms with Crippen LogP contribution >= 0.6 is 0 Å². The van der Waals surface area contributed by atoms with Gasteiger partial charge in [-0.1, -0.05) is 19.3 Å². The Morgan fingerprint density at radius 1 is 0.871 bits per heavy atom. The molecule has 0 aliphatic heterocycles. The summed E-state index contributed by atoms with van der Waals surface area (Å²) in [5, 5.41) is 14.9. The number of carboxylic acids is 1. The number of amides is 2. The lowest BCUT2D eigenvalue weighted by Gasteiger charge is -2.35. The molecule has 31 heavy (non-hydrogen) atoms. The first-order valence-electron chi connectivity index (χ1n) is 10.5. The predicted octanol–water partition coefficient (Wildman–Crippen LogP) is 4.70. The van der Waals surface area contributed by atoms with Crippen molar-refractivity contribution in [2.45, 2.75) is 44.9 Å². The van der Waals surface area contributed by atoms with Crippen molar-refractivity contribution in [3.05, 3.63) is 54.1 Å². The van der Waals surface area contributed by atoms with E-state index in [0.717, 1.165) is 32.1 Å². The highest BCUT2D eigenvalue weighted by Crippen LogP contribution is 2.42. The summed E-state index contributed by atoms with van der Waals surface area (Å²) >= 11 is 0. The zero-order valence-corrected chi connectivity index (χ0v) is 17.6. The molecule has 3 rings (SSSR count). The Morgan fingerprint density at radius 2 is 1.45 bits per heavy atom. The van der Waals surface area contributed by atoms with Gasteiger partial charge < -0.3 is 20.5 Å². The second-order valence-electron chi connectivity index (χ2n) is 8.12. The van der Waals surface area contributed by atoms with Crippen LogP contribution in [0.15, 0.2) is 48.5 Å². The molecule has 0 unspecified atom stereocenters. The van der Waals surface area contributed by atoms with Crippen LogP contribution in [-0.4, -0.2) is 30.0 Å². The van der Waals surface area contributed by atoms with Gasteiger partial charge in [-0.25, -0.2) is 0 Å². The van der Waals surface area contributed by atoms with Crippen LogP contribution in [-0.2, 0) is 9.59 Å². The number of rotatable bonds is 8. The third kappa shape index (κ3) is 6.31. The molecule has 0 atom stereocenters. The van der Waals surface area contributed by atoms with Gasteiger partial charge in [-0.05, 0) is 66.8 Å². The lowest BCUT2D eigenvalue weighted by Crippen LogP contribution is -2.32. The standard InChI is InChI=1S/C24H28N2O5/c1-31-20-11-9-19(10-12-20)26-23(30)17-5-7-18(8-6-17)25-21(27)15-24(16-22(28)29)13-3-2-4-14-24/h5-12H,2-4,13-16H2,1H3,(H,25,27)(H,26,30)(H,28,29). The molecule has 0 spiro atoms. The second-order valence-corrected chi connectivity index (χ2v) is 8.12. The van der Waals surface area contributed by atoms with Gasteiger partial charge in [0.15, 0.2) is 0 Å². The van der Waals surface area contributed by atoms with E-state index in [4.69, 9.17) is 4.74 Å². The smallest absolute Gasteiger partial charge is 0.303 e. The van der Waals surface area contributed by atoms with Crippen molar-refractivity contribution in [3.63, 3.8) is 0 Å². The van der Waals surface area contributed by atoms with Crippen LogP contribution in [0.4, 0.5) is 11.4 Å². The number of carbonyl (C=O) groups excluding carboxylic acids is 2. The quantitative estimate of drug-likeness (QED) is 0.570. The van der Waals surface area contributed by atoms with Gasteiger partial charge in [0.05, 0.1) is 13.5 Å². The Balaban J connectivity index is 1.58. The molecule has 3 N–H and O–H groups in total. The number of ether oxygens (including phenoxy) is 1. The van der Waals surface area contributed by atoms with E-state index < -0.39 is 11.4 Å². The topological polar surface area (TPSA) is 105 Å². The number of aliphatic carboxylic acids is 1. The van der Waals surface area contributed by atoms with Crippen molar-refractivity contribution in [2.75, 3.05) is 17.7 Å². The van der Waals surface area contributed by atoms with E-state index >= 15 is 0 Å². The van der Waals surface area contributed by atoms with Gasteiger partial charge in [0.1, 0.15) is 5.75 Å². The minimum Gasteiger partial charge on any atom is -0.497 e. The molecule has 2 aromatic carbocycles. The normalized spacial score (nSPS) is 15.0. The van der Waals surface area contributed by atoms with Crippen molar-refractivity contribution in [1.29, 1.82) is 0 Å². The summed E-state index contributed by atoms with van der Waals surface area (Å²) in [7, 11) is 1.58. The molecular weight excluding hydrogens is 396 g/mol. The molecule has 7 heteroatoms. The number of methoxy groups -OCH3 is 1. The largest absolute Gasteiger partial charge is 0.497 e. The van der Waals surface area contributed by atoms with Gasteiger partial charge in [-0.15, -0.1) is 0 Å². The summed E-state index contributed by atoms with van der Waals surface area (Å²) in [6.45, 7) is 0. The van der Waals surface area contributed by atoms with E-state index in [1.807, 2.05) is 0 Å². The summed E-state index contributed by atoms with van der Waals surface area (Å²) in [6, 6.07) is 13.7. The number of hydrogen-bond acceptors (Lipinski definition) is 4. The van der Waals surface area contributed by atoms with E-state index in [2.05, 4.69) is 10.6 Å². The Kier molecular flexibility index (Phi) is 7.28. The van der Waals surface area contributed by atoms with Crippen LogP contribution in [0.2, 0.25) is 0 Å². The molecule has 1 aliphatic carbocycles. The Morgan fingerprint density at radius 3 is 2.03 bits per heavy atom. The van der Waals surface area contributed by atoms with E-state index in [0.29, 0.717) is 22.7 Å². The van der Waals surface area contributed by atoms with Crippen molar-refractivity contribution < 1.29 is 24.2 Å². The zero-order chi connectivity index (χ0) is 22.3. The predicted molar refractivity (Wildman–Crippen MR) is 118 cm³/mol. The monoisotopic (exact) mass is 424 g/mol. The molecule has 1 aliphatic rings. The van der Waals surface area contributed by atoms with Crippen molar-refractivity contribution in [3.8, 4) is 5.75 Å². The number of benzene rings is 2. The fraction of sp³-hybridized carbons (Fsp3) is 0.375. The summed E-state index contributed by atoms with van der Waals surface area (Å²) in [6.07, 6.45) is 4.73. The molecule has 0 heterocycles. The van der Waals surface area contributed by atoms with Gasteiger partial charge in [-0.2, -0.15) is 0 Å². The molecule has 7 nitrogen and oxygen atoms in total. The maximum Gasteiger partial charge on any atom is 0.303 e. The summed E-state index contributed by atoms with van der Waals surface area (Å²) in [4.78, 5) is 36.3. The van der Waals surface area contributed by atoms with Crippen LogP contribution in [0.3, 0.4) is 0 Å². The Hall–Kier alpha value is -3.35. The molecule has 0 radical (unpaired) electrons. The SMILES string of the molecule is COc1ccc(NC(=O)c2ccc(NC(=O)CC3(CC(=O)O)CCCCC3)cc2)cc1. The number of nitrogens with one attached hydrogen (secondary N) is 2. The van der Waals surface area contributed by atoms with E-state index in [-0.39, 0.29) is 24.7 Å². The van der Waals surface area contributed by atoms with Gasteiger partial charge >= 0.3 is 5.97 Å². The molecule has 1 saturated carbocycles. The van der Waals surface area contributed by atoms with Crippen molar-refractivity contribution >= 4 is 29.2 Å². The zero-order valence-electron chi connectivity index (χ0n) is 17.6. The van der Waals surface area contributed by atoms with Gasteiger partial charge in [0.25, 0.3) is 5.91 Å². The third-order valence-corrected chi connectivity index (χ3v) is 5.75. The molecule has 0 bridgehead atoms. The number of carbonyl (C=O) groups is 3. The maximum atomic E-state index is 12.6. The third-order valence-electron chi connectivity index (χ3n) is 5.75. The first-order chi connectivity index (χ1) is 14.9. The maximum absolute atomic E-state index is 12.6. The van der Waals surface area contributed by atoms with Gasteiger partial charge in [-0.3, -0.25) is 14.4 Å².